The summed E-state index contributed by atoms with van der Waals surface area (Å²) in [5.41, 5.74) is 11.5. The van der Waals surface area contributed by atoms with Crippen molar-refractivity contribution in [2.75, 3.05) is 0 Å². The van der Waals surface area contributed by atoms with E-state index >= 15 is 0 Å². The molecule has 0 spiro atoms. The smallest absolute Gasteiger partial charge is 0.160 e. The Hall–Kier alpha value is -6.97. The van der Waals surface area contributed by atoms with Crippen molar-refractivity contribution in [2.45, 2.75) is 0 Å². The van der Waals surface area contributed by atoms with Gasteiger partial charge in [-0.15, -0.1) is 0 Å². The highest BCUT2D eigenvalue weighted by atomic mass is 14.9. The number of fused-ring (bicyclic) bond motifs is 6. The normalized spacial score (nSPS) is 11.5. The summed E-state index contributed by atoms with van der Waals surface area (Å²) in [5.74, 6) is 0.711. The van der Waals surface area contributed by atoms with Crippen LogP contribution in [0.3, 0.4) is 0 Å². The minimum absolute atomic E-state index is 0.711. The van der Waals surface area contributed by atoms with Crippen molar-refractivity contribution in [3.63, 3.8) is 0 Å². The van der Waals surface area contributed by atoms with E-state index in [1.807, 2.05) is 12.1 Å². The van der Waals surface area contributed by atoms with Crippen LogP contribution in [-0.2, 0) is 0 Å². The predicted octanol–water partition coefficient (Wildman–Crippen LogP) is 12.8. The van der Waals surface area contributed by atoms with Crippen LogP contribution < -0.4 is 0 Å². The summed E-state index contributed by atoms with van der Waals surface area (Å²) >= 11 is 0. The first-order valence-electron chi connectivity index (χ1n) is 17.6. The summed E-state index contributed by atoms with van der Waals surface area (Å²) in [5, 5.41) is 7.06. The van der Waals surface area contributed by atoms with Crippen molar-refractivity contribution in [2.24, 2.45) is 0 Å². The molecule has 3 nitrogen and oxygen atoms in total. The Morgan fingerprint density at radius 2 is 0.788 bits per heavy atom. The molecule has 0 unspecified atom stereocenters. The largest absolute Gasteiger partial charge is 0.247 e. The Balaban J connectivity index is 1.08. The van der Waals surface area contributed by atoms with Gasteiger partial charge >= 0.3 is 0 Å². The third-order valence-corrected chi connectivity index (χ3v) is 10.0. The lowest BCUT2D eigenvalue weighted by molar-refractivity contribution is 1.23. The molecule has 0 saturated heterocycles. The van der Waals surface area contributed by atoms with Crippen molar-refractivity contribution in [1.29, 1.82) is 0 Å². The van der Waals surface area contributed by atoms with Crippen LogP contribution in [0, 0.1) is 0 Å². The van der Waals surface area contributed by atoms with Gasteiger partial charge in [0.2, 0.25) is 0 Å². The zero-order valence-corrected chi connectivity index (χ0v) is 28.2. The monoisotopic (exact) mass is 661 g/mol. The van der Waals surface area contributed by atoms with Crippen LogP contribution in [0.1, 0.15) is 0 Å². The lowest BCUT2D eigenvalue weighted by Crippen LogP contribution is -1.95. The molecule has 8 aromatic carbocycles. The van der Waals surface area contributed by atoms with E-state index in [9.17, 15) is 0 Å². The van der Waals surface area contributed by atoms with Gasteiger partial charge in [-0.05, 0) is 57.3 Å². The van der Waals surface area contributed by atoms with E-state index in [4.69, 9.17) is 15.0 Å². The first kappa shape index (κ1) is 29.9. The van der Waals surface area contributed by atoms with Crippen molar-refractivity contribution in [1.82, 2.24) is 15.0 Å². The van der Waals surface area contributed by atoms with E-state index in [0.29, 0.717) is 5.82 Å². The second kappa shape index (κ2) is 12.4. The molecule has 3 heteroatoms. The van der Waals surface area contributed by atoms with Crippen molar-refractivity contribution in [3.8, 4) is 56.2 Å². The van der Waals surface area contributed by atoms with Crippen LogP contribution >= 0.6 is 0 Å². The fourth-order valence-electron chi connectivity index (χ4n) is 7.50. The number of hydrogen-bond acceptors (Lipinski definition) is 3. The standard InChI is InChI=1S/C49H31N3/c1-2-12-32(13-3-1)33-24-26-35(27-25-33)49-51-45-23-9-7-21-42(45)47(52-49)38-17-10-15-36(30-38)37-16-11-18-39(31-37)48-43-29-28-34-14-4-5-19-40(34)46(43)41-20-6-8-22-44(41)50-48/h1-31H. The average molecular weight is 662 g/mol. The van der Waals surface area contributed by atoms with E-state index in [2.05, 4.69) is 176 Å². The Morgan fingerprint density at radius 1 is 0.269 bits per heavy atom. The average Bonchev–Trinajstić information content (AvgIpc) is 3.23. The van der Waals surface area contributed by atoms with Gasteiger partial charge in [-0.3, -0.25) is 0 Å². The maximum atomic E-state index is 5.26. The molecule has 10 rings (SSSR count). The van der Waals surface area contributed by atoms with Gasteiger partial charge in [-0.1, -0.05) is 164 Å². The quantitative estimate of drug-likeness (QED) is 0.172. The first-order valence-corrected chi connectivity index (χ1v) is 17.6. The van der Waals surface area contributed by atoms with Gasteiger partial charge in [-0.2, -0.15) is 0 Å². The van der Waals surface area contributed by atoms with Crippen molar-refractivity contribution in [3.05, 3.63) is 188 Å². The van der Waals surface area contributed by atoms with Gasteiger partial charge in [0.1, 0.15) is 0 Å². The van der Waals surface area contributed by atoms with E-state index in [0.717, 1.165) is 61.0 Å². The van der Waals surface area contributed by atoms with Gasteiger partial charge in [0.15, 0.2) is 5.82 Å². The van der Waals surface area contributed by atoms with Gasteiger partial charge in [0.25, 0.3) is 0 Å². The number of hydrogen-bond donors (Lipinski definition) is 0. The molecule has 2 aromatic heterocycles. The molecule has 242 valence electrons. The topological polar surface area (TPSA) is 38.7 Å². The molecule has 0 atom stereocenters. The summed E-state index contributed by atoms with van der Waals surface area (Å²) < 4.78 is 0. The van der Waals surface area contributed by atoms with E-state index in [1.54, 1.807) is 0 Å². The lowest BCUT2D eigenvalue weighted by Gasteiger charge is -2.14. The van der Waals surface area contributed by atoms with Gasteiger partial charge < -0.3 is 0 Å². The summed E-state index contributed by atoms with van der Waals surface area (Å²) in [6.45, 7) is 0. The number of rotatable bonds is 5. The van der Waals surface area contributed by atoms with E-state index in [1.165, 1.54) is 32.7 Å². The van der Waals surface area contributed by atoms with Crippen LogP contribution in [0.5, 0.6) is 0 Å². The molecule has 10 aromatic rings. The molecule has 2 heterocycles. The Morgan fingerprint density at radius 3 is 1.52 bits per heavy atom. The summed E-state index contributed by atoms with van der Waals surface area (Å²) in [6, 6.07) is 66.2. The number of para-hydroxylation sites is 2. The summed E-state index contributed by atoms with van der Waals surface area (Å²) in [6.07, 6.45) is 0. The van der Waals surface area contributed by atoms with Crippen LogP contribution in [0.4, 0.5) is 0 Å². The minimum Gasteiger partial charge on any atom is -0.247 e. The molecule has 0 aliphatic carbocycles. The Labute approximate surface area is 301 Å². The fourth-order valence-corrected chi connectivity index (χ4v) is 7.50. The predicted molar refractivity (Wildman–Crippen MR) is 217 cm³/mol. The van der Waals surface area contributed by atoms with Gasteiger partial charge in [-0.25, -0.2) is 15.0 Å². The lowest BCUT2D eigenvalue weighted by atomic mass is 9.93. The summed E-state index contributed by atoms with van der Waals surface area (Å²) in [7, 11) is 0. The van der Waals surface area contributed by atoms with Gasteiger partial charge in [0.05, 0.1) is 22.4 Å². The molecule has 0 bridgehead atoms. The van der Waals surface area contributed by atoms with Crippen LogP contribution in [0.25, 0.3) is 99.5 Å². The molecule has 0 aliphatic rings. The Bertz CT molecular complexity index is 2930. The number of nitrogens with zero attached hydrogens (tertiary/aromatic N) is 3. The van der Waals surface area contributed by atoms with E-state index < -0.39 is 0 Å². The summed E-state index contributed by atoms with van der Waals surface area (Å²) in [4.78, 5) is 15.5. The van der Waals surface area contributed by atoms with E-state index in [-0.39, 0.29) is 0 Å². The van der Waals surface area contributed by atoms with Crippen LogP contribution in [0.2, 0.25) is 0 Å². The molecule has 0 N–H and O–H groups in total. The van der Waals surface area contributed by atoms with Crippen molar-refractivity contribution < 1.29 is 0 Å². The zero-order chi connectivity index (χ0) is 34.4. The molecule has 0 saturated carbocycles. The van der Waals surface area contributed by atoms with Crippen molar-refractivity contribution >= 4 is 43.4 Å². The highest BCUT2D eigenvalue weighted by Crippen LogP contribution is 2.39. The number of benzene rings is 8. The fraction of sp³-hybridized carbons (Fsp3) is 0. The number of pyridine rings is 1. The number of aromatic nitrogens is 3. The third kappa shape index (κ3) is 5.19. The molecular formula is C49H31N3. The molecular weight excluding hydrogens is 631 g/mol. The third-order valence-electron chi connectivity index (χ3n) is 10.0. The molecule has 0 radical (unpaired) electrons. The maximum Gasteiger partial charge on any atom is 0.160 e. The zero-order valence-electron chi connectivity index (χ0n) is 28.2. The molecule has 0 aliphatic heterocycles. The molecule has 0 amide bonds. The van der Waals surface area contributed by atoms with Gasteiger partial charge in [0, 0.05) is 38.2 Å². The second-order valence-electron chi connectivity index (χ2n) is 13.2. The maximum absolute atomic E-state index is 5.26. The highest BCUT2D eigenvalue weighted by Gasteiger charge is 2.15. The Kier molecular flexibility index (Phi) is 7.14. The SMILES string of the molecule is c1ccc(-c2ccc(-c3nc(-c4cccc(-c5cccc(-c6nc7ccccc7c7c6ccc6ccccc67)c5)c4)c4ccccc4n3)cc2)cc1. The molecule has 0 fully saturated rings. The van der Waals surface area contributed by atoms with Crippen LogP contribution in [0.15, 0.2) is 188 Å². The first-order chi connectivity index (χ1) is 25.8. The second-order valence-corrected chi connectivity index (χ2v) is 13.2. The minimum atomic E-state index is 0.711. The molecule has 52 heavy (non-hydrogen) atoms. The van der Waals surface area contributed by atoms with Crippen LogP contribution in [-0.4, -0.2) is 15.0 Å². The highest BCUT2D eigenvalue weighted by molar-refractivity contribution is 6.22.